The van der Waals surface area contributed by atoms with Crippen LogP contribution in [0.3, 0.4) is 0 Å². The number of oxazole rings is 1. The quantitative estimate of drug-likeness (QED) is 0.765. The average molecular weight is 344 g/mol. The molecule has 0 unspecified atom stereocenters. The van der Waals surface area contributed by atoms with Crippen molar-refractivity contribution in [2.24, 2.45) is 0 Å². The first kappa shape index (κ1) is 16.7. The van der Waals surface area contributed by atoms with Gasteiger partial charge in [-0.05, 0) is 41.3 Å². The summed E-state index contributed by atoms with van der Waals surface area (Å²) in [6.07, 6.45) is 0. The van der Waals surface area contributed by atoms with E-state index in [0.717, 1.165) is 16.6 Å². The first-order valence-electron chi connectivity index (χ1n) is 7.81. The van der Waals surface area contributed by atoms with Crippen LogP contribution < -0.4 is 4.72 Å². The summed E-state index contributed by atoms with van der Waals surface area (Å²) in [4.78, 5) is 4.49. The van der Waals surface area contributed by atoms with E-state index in [1.807, 2.05) is 24.3 Å². The highest BCUT2D eigenvalue weighted by molar-refractivity contribution is 7.89. The van der Waals surface area contributed by atoms with Crippen LogP contribution >= 0.6 is 0 Å². The summed E-state index contributed by atoms with van der Waals surface area (Å²) in [5.74, 6) is 0.958. The van der Waals surface area contributed by atoms with Crippen LogP contribution in [0.25, 0.3) is 11.1 Å². The fourth-order valence-electron chi connectivity index (χ4n) is 2.49. The molecule has 0 aliphatic rings. The zero-order chi connectivity index (χ0) is 17.3. The molecule has 3 rings (SSSR count). The molecule has 0 saturated carbocycles. The molecule has 2 aromatic carbocycles. The number of hydrogen-bond donors (Lipinski definition) is 1. The Morgan fingerprint density at radius 2 is 1.83 bits per heavy atom. The van der Waals surface area contributed by atoms with Crippen molar-refractivity contribution in [1.29, 1.82) is 0 Å². The zero-order valence-corrected chi connectivity index (χ0v) is 14.7. The number of aromatic nitrogens is 1. The van der Waals surface area contributed by atoms with Crippen LogP contribution in [0.15, 0.2) is 51.8 Å². The molecule has 0 saturated heterocycles. The Morgan fingerprint density at radius 1 is 1.12 bits per heavy atom. The van der Waals surface area contributed by atoms with Crippen molar-refractivity contribution in [3.8, 4) is 0 Å². The van der Waals surface area contributed by atoms with Crippen molar-refractivity contribution in [2.75, 3.05) is 0 Å². The van der Waals surface area contributed by atoms with Crippen LogP contribution in [-0.2, 0) is 16.6 Å². The third-order valence-corrected chi connectivity index (χ3v) is 5.30. The normalized spacial score (nSPS) is 12.2. The second-order valence-electron chi connectivity index (χ2n) is 6.08. The molecule has 5 nitrogen and oxygen atoms in total. The van der Waals surface area contributed by atoms with Gasteiger partial charge in [0.15, 0.2) is 11.5 Å². The summed E-state index contributed by atoms with van der Waals surface area (Å²) < 4.78 is 32.9. The molecule has 1 aromatic heterocycles. The highest BCUT2D eigenvalue weighted by atomic mass is 32.2. The van der Waals surface area contributed by atoms with E-state index in [0.29, 0.717) is 17.4 Å². The summed E-state index contributed by atoms with van der Waals surface area (Å²) in [6, 6.07) is 12.5. The van der Waals surface area contributed by atoms with E-state index in [9.17, 15) is 8.42 Å². The SMILES string of the molecule is Cc1nc2ccc(CNS(=O)(=O)c3ccc(C(C)C)cc3)cc2o1. The van der Waals surface area contributed by atoms with E-state index in [2.05, 4.69) is 23.6 Å². The fraction of sp³-hybridized carbons (Fsp3) is 0.278. The van der Waals surface area contributed by atoms with Crippen molar-refractivity contribution in [3.63, 3.8) is 0 Å². The van der Waals surface area contributed by atoms with Gasteiger partial charge in [-0.2, -0.15) is 0 Å². The van der Waals surface area contributed by atoms with Crippen LogP contribution in [0.1, 0.15) is 36.8 Å². The lowest BCUT2D eigenvalue weighted by Crippen LogP contribution is -2.23. The van der Waals surface area contributed by atoms with E-state index < -0.39 is 10.0 Å². The highest BCUT2D eigenvalue weighted by Crippen LogP contribution is 2.19. The van der Waals surface area contributed by atoms with E-state index in [4.69, 9.17) is 4.42 Å². The van der Waals surface area contributed by atoms with E-state index in [-0.39, 0.29) is 11.4 Å². The maximum Gasteiger partial charge on any atom is 0.240 e. The van der Waals surface area contributed by atoms with Gasteiger partial charge in [-0.3, -0.25) is 0 Å². The molecule has 0 bridgehead atoms. The molecule has 1 heterocycles. The summed E-state index contributed by atoms with van der Waals surface area (Å²) >= 11 is 0. The van der Waals surface area contributed by atoms with Crippen molar-refractivity contribution in [1.82, 2.24) is 9.71 Å². The minimum Gasteiger partial charge on any atom is -0.441 e. The van der Waals surface area contributed by atoms with Crippen LogP contribution in [0, 0.1) is 6.92 Å². The Morgan fingerprint density at radius 3 is 2.50 bits per heavy atom. The standard InChI is InChI=1S/C18H20N2O3S/c1-12(2)15-5-7-16(8-6-15)24(21,22)19-11-14-4-9-17-18(10-14)23-13(3)20-17/h4-10,12,19H,11H2,1-3H3. The first-order chi connectivity index (χ1) is 11.3. The second-order valence-corrected chi connectivity index (χ2v) is 7.85. The van der Waals surface area contributed by atoms with Crippen LogP contribution in [0.2, 0.25) is 0 Å². The molecule has 1 N–H and O–H groups in total. The molecule has 0 radical (unpaired) electrons. The number of nitrogens with zero attached hydrogens (tertiary/aromatic N) is 1. The Hall–Kier alpha value is -2.18. The number of rotatable bonds is 5. The van der Waals surface area contributed by atoms with Crippen LogP contribution in [0.4, 0.5) is 0 Å². The summed E-state index contributed by atoms with van der Waals surface area (Å²) in [7, 11) is -3.55. The van der Waals surface area contributed by atoms with Crippen LogP contribution in [-0.4, -0.2) is 13.4 Å². The van der Waals surface area contributed by atoms with Crippen molar-refractivity contribution in [2.45, 2.75) is 38.1 Å². The lowest BCUT2D eigenvalue weighted by Gasteiger charge is -2.09. The van der Waals surface area contributed by atoms with Gasteiger partial charge in [0.05, 0.1) is 4.90 Å². The van der Waals surface area contributed by atoms with Gasteiger partial charge in [-0.25, -0.2) is 18.1 Å². The van der Waals surface area contributed by atoms with Crippen molar-refractivity contribution in [3.05, 3.63) is 59.5 Å². The molecule has 0 amide bonds. The molecule has 0 atom stereocenters. The largest absolute Gasteiger partial charge is 0.441 e. The minimum absolute atomic E-state index is 0.198. The topological polar surface area (TPSA) is 72.2 Å². The molecule has 3 aromatic rings. The first-order valence-corrected chi connectivity index (χ1v) is 9.29. The van der Waals surface area contributed by atoms with E-state index >= 15 is 0 Å². The average Bonchev–Trinajstić information content (AvgIpc) is 2.92. The van der Waals surface area contributed by atoms with E-state index in [1.54, 1.807) is 25.1 Å². The van der Waals surface area contributed by atoms with Gasteiger partial charge >= 0.3 is 0 Å². The lowest BCUT2D eigenvalue weighted by molar-refractivity contribution is 0.560. The summed E-state index contributed by atoms with van der Waals surface area (Å²) in [6.45, 7) is 6.12. The van der Waals surface area contributed by atoms with E-state index in [1.165, 1.54) is 0 Å². The molecule has 24 heavy (non-hydrogen) atoms. The maximum absolute atomic E-state index is 12.4. The molecule has 0 fully saturated rings. The third-order valence-electron chi connectivity index (χ3n) is 3.88. The van der Waals surface area contributed by atoms with Gasteiger partial charge in [-0.1, -0.05) is 32.0 Å². The molecule has 0 spiro atoms. The predicted molar refractivity (Wildman–Crippen MR) is 93.3 cm³/mol. The van der Waals surface area contributed by atoms with Crippen LogP contribution in [0.5, 0.6) is 0 Å². The number of fused-ring (bicyclic) bond motifs is 1. The number of sulfonamides is 1. The highest BCUT2D eigenvalue weighted by Gasteiger charge is 2.14. The molecule has 0 aliphatic heterocycles. The Bertz CT molecular complexity index is 958. The lowest BCUT2D eigenvalue weighted by atomic mass is 10.0. The maximum atomic E-state index is 12.4. The smallest absolute Gasteiger partial charge is 0.240 e. The van der Waals surface area contributed by atoms with Crippen molar-refractivity contribution < 1.29 is 12.8 Å². The van der Waals surface area contributed by atoms with Gasteiger partial charge in [0.2, 0.25) is 10.0 Å². The Balaban J connectivity index is 1.75. The van der Waals surface area contributed by atoms with Gasteiger partial charge < -0.3 is 4.42 Å². The third kappa shape index (κ3) is 3.49. The monoisotopic (exact) mass is 344 g/mol. The molecule has 6 heteroatoms. The molecule has 0 aliphatic carbocycles. The summed E-state index contributed by atoms with van der Waals surface area (Å²) in [5, 5.41) is 0. The zero-order valence-electron chi connectivity index (χ0n) is 13.9. The number of benzene rings is 2. The minimum atomic E-state index is -3.55. The number of aryl methyl sites for hydroxylation is 1. The van der Waals surface area contributed by atoms with Gasteiger partial charge in [-0.15, -0.1) is 0 Å². The molecular formula is C18H20N2O3S. The second kappa shape index (κ2) is 6.37. The van der Waals surface area contributed by atoms with Gasteiger partial charge in [0.25, 0.3) is 0 Å². The Labute approximate surface area is 141 Å². The molecule has 126 valence electrons. The molecular weight excluding hydrogens is 324 g/mol. The number of nitrogens with one attached hydrogen (secondary N) is 1. The summed E-state index contributed by atoms with van der Waals surface area (Å²) in [5.41, 5.74) is 3.36. The number of hydrogen-bond acceptors (Lipinski definition) is 4. The fourth-order valence-corrected chi connectivity index (χ4v) is 3.51. The predicted octanol–water partition coefficient (Wildman–Crippen LogP) is 3.74. The van der Waals surface area contributed by atoms with Gasteiger partial charge in [0.1, 0.15) is 5.52 Å². The Kier molecular flexibility index (Phi) is 4.43. The van der Waals surface area contributed by atoms with Gasteiger partial charge in [0, 0.05) is 13.5 Å². The van der Waals surface area contributed by atoms with Crippen molar-refractivity contribution >= 4 is 21.1 Å².